The Labute approximate surface area is 42.2 Å². The molecule has 0 aliphatic heterocycles. The molecule has 4 heavy (non-hydrogen) atoms. The van der Waals surface area contributed by atoms with Crippen LogP contribution in [0, 0.1) is 0 Å². The number of hydrogen-bond donors (Lipinski definition) is 1. The molecule has 1 N–H and O–H groups in total. The molecule has 0 aromatic carbocycles. The predicted molar refractivity (Wildman–Crippen MR) is 18.5 cm³/mol. The highest BCUT2D eigenvalue weighted by Crippen LogP contribution is 1.30. The van der Waals surface area contributed by atoms with Gasteiger partial charge in [0.25, 0.3) is 0 Å². The Kier molecular flexibility index (Phi) is 20.5. The molecule has 0 rings (SSSR count). The van der Waals surface area contributed by atoms with Gasteiger partial charge in [0.15, 0.2) is 0 Å². The van der Waals surface area contributed by atoms with Gasteiger partial charge >= 0.3 is 0 Å². The SMILES string of the molecule is CCO.[Mg]. The van der Waals surface area contributed by atoms with E-state index in [1.165, 1.54) is 0 Å². The molecular weight excluding hydrogens is 64.3 g/mol. The van der Waals surface area contributed by atoms with E-state index in [-0.39, 0.29) is 29.7 Å². The van der Waals surface area contributed by atoms with Gasteiger partial charge in [-0.1, -0.05) is 0 Å². The van der Waals surface area contributed by atoms with Crippen LogP contribution in [0.5, 0.6) is 0 Å². The Bertz CT molecular complexity index is 6.00. The average Bonchev–Trinajstić information content (AvgIpc) is 0.918. The molecule has 0 bridgehead atoms. The van der Waals surface area contributed by atoms with Crippen molar-refractivity contribution < 1.29 is 5.11 Å². The summed E-state index contributed by atoms with van der Waals surface area (Å²) in [5.74, 6) is 0. The minimum Gasteiger partial charge on any atom is -0.397 e. The van der Waals surface area contributed by atoms with Gasteiger partial charge in [-0.15, -0.1) is 0 Å². The Morgan fingerprint density at radius 3 is 1.75 bits per heavy atom. The van der Waals surface area contributed by atoms with Crippen LogP contribution in [0.15, 0.2) is 0 Å². The van der Waals surface area contributed by atoms with Gasteiger partial charge in [-0.2, -0.15) is 0 Å². The number of rotatable bonds is 0. The molecule has 0 unspecified atom stereocenters. The lowest BCUT2D eigenvalue weighted by Crippen LogP contribution is -1.57. The van der Waals surface area contributed by atoms with Gasteiger partial charge in [-0.25, -0.2) is 0 Å². The van der Waals surface area contributed by atoms with Crippen molar-refractivity contribution in [3.63, 3.8) is 0 Å². The summed E-state index contributed by atoms with van der Waals surface area (Å²) in [5.41, 5.74) is 0. The average molecular weight is 70.4 g/mol. The van der Waals surface area contributed by atoms with Crippen LogP contribution in [0.25, 0.3) is 0 Å². The summed E-state index contributed by atoms with van der Waals surface area (Å²) in [4.78, 5) is 0. The van der Waals surface area contributed by atoms with Crippen LogP contribution in [0.3, 0.4) is 0 Å². The fourth-order valence-corrected chi connectivity index (χ4v) is 0. The lowest BCUT2D eigenvalue weighted by atomic mass is 10.9. The maximum absolute atomic E-state index is 7.57. The molecule has 0 saturated heterocycles. The zero-order valence-electron chi connectivity index (χ0n) is 2.86. The first-order chi connectivity index (χ1) is 1.41. The highest BCUT2D eigenvalue weighted by atomic mass is 24.3. The molecule has 1 nitrogen and oxygen atoms in total. The normalized spacial score (nSPS) is 4.50. The van der Waals surface area contributed by atoms with Crippen molar-refractivity contribution in [1.82, 2.24) is 0 Å². The highest BCUT2D eigenvalue weighted by Gasteiger charge is 1.34. The van der Waals surface area contributed by atoms with Crippen molar-refractivity contribution >= 4 is 23.1 Å². The van der Waals surface area contributed by atoms with Crippen LogP contribution in [0.4, 0.5) is 0 Å². The van der Waals surface area contributed by atoms with Crippen LogP contribution in [0.2, 0.25) is 0 Å². The van der Waals surface area contributed by atoms with Gasteiger partial charge < -0.3 is 5.11 Å². The van der Waals surface area contributed by atoms with E-state index in [2.05, 4.69) is 0 Å². The van der Waals surface area contributed by atoms with E-state index in [9.17, 15) is 0 Å². The first-order valence-electron chi connectivity index (χ1n) is 1.02. The van der Waals surface area contributed by atoms with Crippen LogP contribution in [0.1, 0.15) is 6.92 Å². The molecule has 2 heteroatoms. The van der Waals surface area contributed by atoms with Crippen LogP contribution in [-0.4, -0.2) is 34.8 Å². The molecule has 0 atom stereocenters. The molecule has 0 heterocycles. The third-order valence-electron chi connectivity index (χ3n) is 0. The molecule has 2 radical (unpaired) electrons. The summed E-state index contributed by atoms with van der Waals surface area (Å²) in [7, 11) is 0. The van der Waals surface area contributed by atoms with E-state index in [4.69, 9.17) is 5.11 Å². The highest BCUT2D eigenvalue weighted by molar-refractivity contribution is 5.75. The van der Waals surface area contributed by atoms with E-state index in [0.717, 1.165) is 0 Å². The van der Waals surface area contributed by atoms with Crippen LogP contribution >= 0.6 is 0 Å². The molecule has 0 aromatic heterocycles. The summed E-state index contributed by atoms with van der Waals surface area (Å²) in [6.45, 7) is 1.93. The monoisotopic (exact) mass is 70.0 g/mol. The third kappa shape index (κ3) is 15.4. The van der Waals surface area contributed by atoms with Crippen LogP contribution in [-0.2, 0) is 0 Å². The Balaban J connectivity index is 0. The van der Waals surface area contributed by atoms with Gasteiger partial charge in [0.05, 0.1) is 0 Å². The Morgan fingerprint density at radius 1 is 1.75 bits per heavy atom. The molecule has 0 aliphatic carbocycles. The topological polar surface area (TPSA) is 20.2 Å². The molecule has 0 spiro atoms. The van der Waals surface area contributed by atoms with E-state index in [1.807, 2.05) is 0 Å². The molecule has 0 aliphatic rings. The van der Waals surface area contributed by atoms with Crippen molar-refractivity contribution in [2.24, 2.45) is 0 Å². The van der Waals surface area contributed by atoms with Gasteiger partial charge in [0, 0.05) is 29.7 Å². The van der Waals surface area contributed by atoms with Gasteiger partial charge in [0.1, 0.15) is 0 Å². The van der Waals surface area contributed by atoms with Crippen molar-refractivity contribution in [1.29, 1.82) is 0 Å². The van der Waals surface area contributed by atoms with Gasteiger partial charge in [-0.05, 0) is 6.92 Å². The zero-order chi connectivity index (χ0) is 2.71. The van der Waals surface area contributed by atoms with Crippen molar-refractivity contribution in [3.8, 4) is 0 Å². The smallest absolute Gasteiger partial charge is 0.0402 e. The van der Waals surface area contributed by atoms with Gasteiger partial charge in [-0.3, -0.25) is 0 Å². The van der Waals surface area contributed by atoms with E-state index in [0.29, 0.717) is 0 Å². The predicted octanol–water partition coefficient (Wildman–Crippen LogP) is -0.382. The quantitative estimate of drug-likeness (QED) is 0.385. The molecule has 0 aromatic rings. The summed E-state index contributed by atoms with van der Waals surface area (Å²) in [6, 6.07) is 0. The van der Waals surface area contributed by atoms with E-state index >= 15 is 0 Å². The second kappa shape index (κ2) is 9.29. The summed E-state index contributed by atoms with van der Waals surface area (Å²) < 4.78 is 0. The number of aliphatic hydroxyl groups excluding tert-OH is 1. The summed E-state index contributed by atoms with van der Waals surface area (Å²) in [5, 5.41) is 7.57. The van der Waals surface area contributed by atoms with E-state index in [1.54, 1.807) is 6.92 Å². The molecule has 0 saturated carbocycles. The second-order valence-corrected chi connectivity index (χ2v) is 0.316. The largest absolute Gasteiger partial charge is 0.397 e. The number of aliphatic hydroxyl groups is 1. The Hall–Kier alpha value is 0.726. The fourth-order valence-electron chi connectivity index (χ4n) is 0. The minimum atomic E-state index is 0. The lowest BCUT2D eigenvalue weighted by molar-refractivity contribution is 0.318. The Morgan fingerprint density at radius 2 is 1.75 bits per heavy atom. The first kappa shape index (κ1) is 8.83. The molecule has 0 amide bonds. The molecule has 0 fully saturated rings. The maximum atomic E-state index is 7.57. The fraction of sp³-hybridized carbons (Fsp3) is 1.00. The molecular formula is C2H6MgO. The van der Waals surface area contributed by atoms with Gasteiger partial charge in [0.2, 0.25) is 0 Å². The van der Waals surface area contributed by atoms with Crippen molar-refractivity contribution in [2.45, 2.75) is 6.92 Å². The first-order valence-corrected chi connectivity index (χ1v) is 1.02. The number of hydrogen-bond acceptors (Lipinski definition) is 1. The zero-order valence-corrected chi connectivity index (χ0v) is 4.28. The third-order valence-corrected chi connectivity index (χ3v) is 0. The maximum Gasteiger partial charge on any atom is 0.0402 e. The van der Waals surface area contributed by atoms with Crippen molar-refractivity contribution in [3.05, 3.63) is 0 Å². The molecule has 22 valence electrons. The van der Waals surface area contributed by atoms with Crippen LogP contribution < -0.4 is 0 Å². The van der Waals surface area contributed by atoms with Crippen molar-refractivity contribution in [2.75, 3.05) is 6.61 Å². The minimum absolute atomic E-state index is 0. The lowest BCUT2D eigenvalue weighted by Gasteiger charge is -1.52. The van der Waals surface area contributed by atoms with E-state index < -0.39 is 0 Å². The standard InChI is InChI=1S/C2H6O.Mg/c1-2-3;/h3H,2H2,1H3;. The second-order valence-electron chi connectivity index (χ2n) is 0.316. The summed E-state index contributed by atoms with van der Waals surface area (Å²) >= 11 is 0. The summed E-state index contributed by atoms with van der Waals surface area (Å²) in [6.07, 6.45) is 0.